The van der Waals surface area contributed by atoms with Crippen LogP contribution >= 0.6 is 0 Å². The zero-order valence-electron chi connectivity index (χ0n) is 16.3. The molecule has 2 aromatic carbocycles. The molecule has 1 aliphatic carbocycles. The Bertz CT molecular complexity index is 872. The van der Waals surface area contributed by atoms with Crippen molar-refractivity contribution in [1.82, 2.24) is 0 Å². The first-order valence-electron chi connectivity index (χ1n) is 10.1. The minimum absolute atomic E-state index is 0.0475. The van der Waals surface area contributed by atoms with Gasteiger partial charge in [0.2, 0.25) is 5.82 Å². The summed E-state index contributed by atoms with van der Waals surface area (Å²) in [7, 11) is 0. The first-order valence-corrected chi connectivity index (χ1v) is 10.1. The number of epoxide rings is 1. The largest absolute Gasteiger partial charge is 0.490 e. The van der Waals surface area contributed by atoms with E-state index in [-0.39, 0.29) is 41.7 Å². The van der Waals surface area contributed by atoms with Crippen molar-refractivity contribution in [2.24, 2.45) is 5.92 Å². The summed E-state index contributed by atoms with van der Waals surface area (Å²) in [5.41, 5.74) is 1.55. The minimum Gasteiger partial charge on any atom is -0.490 e. The normalized spacial score (nSPS) is 24.9. The summed E-state index contributed by atoms with van der Waals surface area (Å²) < 4.78 is 53.3. The molecule has 1 saturated heterocycles. The SMILES string of the molecule is CC(O)c1ccc(OCC2CCC(c3ccc(C4CO4)cc3F)CC2)c(F)c1F. The first-order chi connectivity index (χ1) is 13.9. The topological polar surface area (TPSA) is 42.0 Å². The Morgan fingerprint density at radius 3 is 2.41 bits per heavy atom. The number of rotatable bonds is 6. The lowest BCUT2D eigenvalue weighted by molar-refractivity contribution is 0.184. The molecule has 2 atom stereocenters. The maximum Gasteiger partial charge on any atom is 0.200 e. The quantitative estimate of drug-likeness (QED) is 0.637. The van der Waals surface area contributed by atoms with E-state index in [2.05, 4.69) is 0 Å². The third-order valence-electron chi connectivity index (χ3n) is 6.02. The van der Waals surface area contributed by atoms with Crippen LogP contribution < -0.4 is 4.74 Å². The van der Waals surface area contributed by atoms with Gasteiger partial charge in [0.1, 0.15) is 11.9 Å². The Labute approximate surface area is 168 Å². The molecule has 0 aromatic heterocycles. The second-order valence-corrected chi connectivity index (χ2v) is 8.09. The molecular weight excluding hydrogens is 381 g/mol. The van der Waals surface area contributed by atoms with E-state index in [0.717, 1.165) is 36.8 Å². The van der Waals surface area contributed by atoms with E-state index in [1.165, 1.54) is 19.1 Å². The van der Waals surface area contributed by atoms with E-state index in [0.29, 0.717) is 6.61 Å². The summed E-state index contributed by atoms with van der Waals surface area (Å²) in [4.78, 5) is 0. The molecule has 1 N–H and O–H groups in total. The van der Waals surface area contributed by atoms with Gasteiger partial charge in [0.05, 0.1) is 19.3 Å². The molecule has 1 aliphatic heterocycles. The highest BCUT2D eigenvalue weighted by molar-refractivity contribution is 5.32. The lowest BCUT2D eigenvalue weighted by atomic mass is 9.78. The van der Waals surface area contributed by atoms with E-state index in [9.17, 15) is 18.3 Å². The van der Waals surface area contributed by atoms with Gasteiger partial charge >= 0.3 is 0 Å². The van der Waals surface area contributed by atoms with Gasteiger partial charge in [-0.3, -0.25) is 0 Å². The van der Waals surface area contributed by atoms with Crippen molar-refractivity contribution >= 4 is 0 Å². The number of hydrogen-bond donors (Lipinski definition) is 1. The van der Waals surface area contributed by atoms with Gasteiger partial charge in [0.15, 0.2) is 11.6 Å². The Balaban J connectivity index is 1.32. The third kappa shape index (κ3) is 4.43. The predicted octanol–water partition coefficient (Wildman–Crippen LogP) is 5.58. The smallest absolute Gasteiger partial charge is 0.200 e. The van der Waals surface area contributed by atoms with Crippen molar-refractivity contribution in [2.45, 2.75) is 50.7 Å². The molecule has 2 fully saturated rings. The van der Waals surface area contributed by atoms with Crippen molar-refractivity contribution in [3.8, 4) is 5.75 Å². The molecule has 1 heterocycles. The molecule has 2 aliphatic rings. The minimum atomic E-state index is -1.08. The van der Waals surface area contributed by atoms with Gasteiger partial charge in [-0.15, -0.1) is 0 Å². The summed E-state index contributed by atoms with van der Waals surface area (Å²) in [6.45, 7) is 2.33. The molecule has 156 valence electrons. The summed E-state index contributed by atoms with van der Waals surface area (Å²) >= 11 is 0. The number of aliphatic hydroxyl groups excluding tert-OH is 1. The fourth-order valence-corrected chi connectivity index (χ4v) is 4.14. The fourth-order valence-electron chi connectivity index (χ4n) is 4.14. The van der Waals surface area contributed by atoms with Crippen LogP contribution in [0.3, 0.4) is 0 Å². The van der Waals surface area contributed by atoms with Crippen LogP contribution in [0, 0.1) is 23.4 Å². The van der Waals surface area contributed by atoms with Gasteiger partial charge in [0.25, 0.3) is 0 Å². The summed E-state index contributed by atoms with van der Waals surface area (Å²) in [5, 5.41) is 9.46. The average Bonchev–Trinajstić information content (AvgIpc) is 3.55. The number of aliphatic hydroxyl groups is 1. The molecule has 2 unspecified atom stereocenters. The molecule has 0 spiro atoms. The number of hydrogen-bond acceptors (Lipinski definition) is 3. The van der Waals surface area contributed by atoms with E-state index in [1.807, 2.05) is 12.1 Å². The Kier molecular flexibility index (Phi) is 5.83. The first kappa shape index (κ1) is 20.2. The van der Waals surface area contributed by atoms with Crippen molar-refractivity contribution in [3.63, 3.8) is 0 Å². The highest BCUT2D eigenvalue weighted by Gasteiger charge is 2.28. The van der Waals surface area contributed by atoms with Gasteiger partial charge < -0.3 is 14.6 Å². The fraction of sp³-hybridized carbons (Fsp3) is 0.478. The van der Waals surface area contributed by atoms with Crippen molar-refractivity contribution in [1.29, 1.82) is 0 Å². The number of benzene rings is 2. The van der Waals surface area contributed by atoms with Crippen LogP contribution in [0.4, 0.5) is 13.2 Å². The van der Waals surface area contributed by atoms with Gasteiger partial charge in [-0.25, -0.2) is 8.78 Å². The van der Waals surface area contributed by atoms with Crippen LogP contribution in [0.2, 0.25) is 0 Å². The highest BCUT2D eigenvalue weighted by Crippen LogP contribution is 2.39. The molecule has 0 radical (unpaired) electrons. The lowest BCUT2D eigenvalue weighted by Gasteiger charge is -2.29. The van der Waals surface area contributed by atoms with Crippen molar-refractivity contribution in [2.75, 3.05) is 13.2 Å². The zero-order valence-corrected chi connectivity index (χ0v) is 16.3. The van der Waals surface area contributed by atoms with Crippen LogP contribution in [-0.4, -0.2) is 18.3 Å². The zero-order chi connectivity index (χ0) is 20.5. The van der Waals surface area contributed by atoms with Gasteiger partial charge in [-0.1, -0.05) is 12.1 Å². The Morgan fingerprint density at radius 2 is 1.79 bits per heavy atom. The van der Waals surface area contributed by atoms with Crippen molar-refractivity contribution in [3.05, 3.63) is 64.5 Å². The molecule has 0 amide bonds. The molecule has 2 aromatic rings. The highest BCUT2D eigenvalue weighted by atomic mass is 19.2. The van der Waals surface area contributed by atoms with E-state index < -0.39 is 17.7 Å². The van der Waals surface area contributed by atoms with Gasteiger partial charge in [0, 0.05) is 5.56 Å². The van der Waals surface area contributed by atoms with E-state index in [4.69, 9.17) is 9.47 Å². The number of halogens is 3. The average molecular weight is 406 g/mol. The van der Waals surface area contributed by atoms with Crippen LogP contribution in [0.25, 0.3) is 0 Å². The maximum atomic E-state index is 14.5. The maximum absolute atomic E-state index is 14.5. The van der Waals surface area contributed by atoms with E-state index in [1.54, 1.807) is 6.07 Å². The molecular formula is C23H25F3O3. The second kappa shape index (κ2) is 8.36. The Morgan fingerprint density at radius 1 is 1.07 bits per heavy atom. The molecule has 4 rings (SSSR count). The molecule has 3 nitrogen and oxygen atoms in total. The van der Waals surface area contributed by atoms with Crippen LogP contribution in [0.1, 0.15) is 67.4 Å². The van der Waals surface area contributed by atoms with Crippen molar-refractivity contribution < 1.29 is 27.8 Å². The van der Waals surface area contributed by atoms with Crippen LogP contribution in [0.5, 0.6) is 5.75 Å². The molecule has 1 saturated carbocycles. The van der Waals surface area contributed by atoms with Gasteiger partial charge in [-0.05, 0) is 73.8 Å². The van der Waals surface area contributed by atoms with Crippen LogP contribution in [-0.2, 0) is 4.74 Å². The Hall–Kier alpha value is -2.05. The van der Waals surface area contributed by atoms with Gasteiger partial charge in [-0.2, -0.15) is 4.39 Å². The lowest BCUT2D eigenvalue weighted by Crippen LogP contribution is -2.20. The second-order valence-electron chi connectivity index (χ2n) is 8.09. The molecule has 6 heteroatoms. The molecule has 29 heavy (non-hydrogen) atoms. The summed E-state index contributed by atoms with van der Waals surface area (Å²) in [6.07, 6.45) is 2.32. The van der Waals surface area contributed by atoms with Crippen LogP contribution in [0.15, 0.2) is 30.3 Å². The third-order valence-corrected chi connectivity index (χ3v) is 6.02. The summed E-state index contributed by atoms with van der Waals surface area (Å²) in [6, 6.07) is 8.09. The standard InChI is InChI=1S/C23H25F3O3/c1-13(27)17-8-9-20(23(26)22(17)25)28-11-14-2-4-15(5-3-14)18-7-6-16(10-19(18)24)21-12-29-21/h6-10,13-15,21,27H,2-5,11-12H2,1H3. The predicted molar refractivity (Wildman–Crippen MR) is 102 cm³/mol. The summed E-state index contributed by atoms with van der Waals surface area (Å²) in [5.74, 6) is -2.07. The monoisotopic (exact) mass is 406 g/mol. The molecule has 0 bridgehead atoms. The number of ether oxygens (including phenoxy) is 2. The van der Waals surface area contributed by atoms with E-state index >= 15 is 0 Å².